The molecule has 0 atom stereocenters. The van der Waals surface area contributed by atoms with Crippen LogP contribution in [0.2, 0.25) is 0 Å². The minimum atomic E-state index is -0.585. The first kappa shape index (κ1) is 18.6. The molecule has 7 nitrogen and oxygen atoms in total. The van der Waals surface area contributed by atoms with Crippen molar-refractivity contribution in [2.45, 2.75) is 25.7 Å². The third-order valence-corrected chi connectivity index (χ3v) is 4.63. The Morgan fingerprint density at radius 1 is 0.926 bits per heavy atom. The number of nitrogens with zero attached hydrogens (tertiary/aromatic N) is 2. The van der Waals surface area contributed by atoms with Crippen LogP contribution < -0.4 is 5.32 Å². The number of para-hydroxylation sites is 1. The van der Waals surface area contributed by atoms with Crippen LogP contribution in [0.5, 0.6) is 0 Å². The summed E-state index contributed by atoms with van der Waals surface area (Å²) in [6.07, 6.45) is 4.35. The summed E-state index contributed by atoms with van der Waals surface area (Å²) in [6.45, 7) is 1.55. The molecule has 1 aliphatic heterocycles. The van der Waals surface area contributed by atoms with E-state index in [4.69, 9.17) is 0 Å². The molecular weight excluding hydrogens is 346 g/mol. The molecule has 7 heteroatoms. The largest absolute Gasteiger partial charge is 0.339 e. The van der Waals surface area contributed by atoms with Gasteiger partial charge in [0.1, 0.15) is 5.56 Å². The lowest BCUT2D eigenvalue weighted by Crippen LogP contribution is -2.31. The topological polar surface area (TPSA) is 92.6 Å². The van der Waals surface area contributed by atoms with Gasteiger partial charge in [-0.3, -0.25) is 19.7 Å². The highest BCUT2D eigenvalue weighted by atomic mass is 16.6. The average Bonchev–Trinajstić information content (AvgIpc) is 2.97. The molecule has 3 rings (SSSR count). The van der Waals surface area contributed by atoms with Crippen LogP contribution in [0, 0.1) is 10.1 Å². The normalized spacial score (nSPS) is 14.3. The minimum Gasteiger partial charge on any atom is -0.339 e. The van der Waals surface area contributed by atoms with Crippen LogP contribution in [0.25, 0.3) is 0 Å². The number of hydrogen-bond acceptors (Lipinski definition) is 4. The molecule has 0 saturated carbocycles. The van der Waals surface area contributed by atoms with Crippen molar-refractivity contribution in [2.75, 3.05) is 18.4 Å². The molecule has 0 radical (unpaired) electrons. The van der Waals surface area contributed by atoms with Gasteiger partial charge in [0.25, 0.3) is 17.5 Å². The van der Waals surface area contributed by atoms with Gasteiger partial charge in [-0.15, -0.1) is 0 Å². The molecule has 1 fully saturated rings. The van der Waals surface area contributed by atoms with E-state index in [9.17, 15) is 19.7 Å². The van der Waals surface area contributed by atoms with E-state index in [2.05, 4.69) is 5.32 Å². The van der Waals surface area contributed by atoms with E-state index < -0.39 is 10.8 Å². The molecule has 1 heterocycles. The molecule has 27 heavy (non-hydrogen) atoms. The molecule has 2 amide bonds. The van der Waals surface area contributed by atoms with Crippen molar-refractivity contribution in [3.63, 3.8) is 0 Å². The molecule has 1 N–H and O–H groups in total. The molecule has 0 spiro atoms. The SMILES string of the molecule is O=C(Nc1ccc(C(=O)N2CCCCCC2)cc1)c1ccccc1[N+](=O)[O-]. The van der Waals surface area contributed by atoms with Crippen LogP contribution in [0.4, 0.5) is 11.4 Å². The van der Waals surface area contributed by atoms with Crippen LogP contribution in [0.3, 0.4) is 0 Å². The van der Waals surface area contributed by atoms with Crippen LogP contribution >= 0.6 is 0 Å². The second-order valence-electron chi connectivity index (χ2n) is 6.51. The van der Waals surface area contributed by atoms with Crippen molar-refractivity contribution in [1.29, 1.82) is 0 Å². The summed E-state index contributed by atoms with van der Waals surface area (Å²) in [4.78, 5) is 37.3. The van der Waals surface area contributed by atoms with Crippen molar-refractivity contribution in [3.05, 3.63) is 69.8 Å². The van der Waals surface area contributed by atoms with Crippen molar-refractivity contribution in [1.82, 2.24) is 4.90 Å². The zero-order valence-electron chi connectivity index (χ0n) is 14.9. The molecule has 2 aromatic carbocycles. The molecule has 0 aromatic heterocycles. The quantitative estimate of drug-likeness (QED) is 0.656. The molecule has 1 saturated heterocycles. The summed E-state index contributed by atoms with van der Waals surface area (Å²) in [7, 11) is 0. The zero-order chi connectivity index (χ0) is 19.2. The van der Waals surface area contributed by atoms with Gasteiger partial charge in [0.05, 0.1) is 4.92 Å². The standard InChI is InChI=1S/C20H21N3O4/c24-19(17-7-3-4-8-18(17)23(26)27)21-16-11-9-15(10-12-16)20(25)22-13-5-1-2-6-14-22/h3-4,7-12H,1-2,5-6,13-14H2,(H,21,24). The third-order valence-electron chi connectivity index (χ3n) is 4.63. The molecule has 0 unspecified atom stereocenters. The van der Waals surface area contributed by atoms with Gasteiger partial charge < -0.3 is 10.2 Å². The van der Waals surface area contributed by atoms with E-state index in [1.807, 2.05) is 4.90 Å². The summed E-state index contributed by atoms with van der Waals surface area (Å²) in [6, 6.07) is 12.4. The highest BCUT2D eigenvalue weighted by molar-refractivity contribution is 6.07. The maximum absolute atomic E-state index is 12.6. The van der Waals surface area contributed by atoms with Crippen molar-refractivity contribution in [3.8, 4) is 0 Å². The van der Waals surface area contributed by atoms with Crippen molar-refractivity contribution < 1.29 is 14.5 Å². The van der Waals surface area contributed by atoms with Crippen molar-refractivity contribution in [2.24, 2.45) is 0 Å². The summed E-state index contributed by atoms with van der Waals surface area (Å²) in [5.74, 6) is -0.567. The Kier molecular flexibility index (Phi) is 5.80. The second-order valence-corrected chi connectivity index (χ2v) is 6.51. The highest BCUT2D eigenvalue weighted by Crippen LogP contribution is 2.20. The Balaban J connectivity index is 1.70. The summed E-state index contributed by atoms with van der Waals surface area (Å²) in [5.41, 5.74) is 0.793. The van der Waals surface area contributed by atoms with E-state index in [0.717, 1.165) is 38.8 Å². The Hall–Kier alpha value is -3.22. The Morgan fingerprint density at radius 3 is 2.19 bits per heavy atom. The lowest BCUT2D eigenvalue weighted by atomic mass is 10.1. The molecule has 1 aliphatic rings. The van der Waals surface area contributed by atoms with Gasteiger partial charge in [0.15, 0.2) is 0 Å². The predicted molar refractivity (Wildman–Crippen MR) is 102 cm³/mol. The van der Waals surface area contributed by atoms with E-state index >= 15 is 0 Å². The Morgan fingerprint density at radius 2 is 1.56 bits per heavy atom. The van der Waals surface area contributed by atoms with Gasteiger partial charge in [0, 0.05) is 30.4 Å². The summed E-state index contributed by atoms with van der Waals surface area (Å²) >= 11 is 0. The maximum Gasteiger partial charge on any atom is 0.282 e. The van der Waals surface area contributed by atoms with Gasteiger partial charge in [-0.05, 0) is 43.2 Å². The van der Waals surface area contributed by atoms with Gasteiger partial charge in [0.2, 0.25) is 0 Å². The zero-order valence-corrected chi connectivity index (χ0v) is 14.9. The third kappa shape index (κ3) is 4.49. The van der Waals surface area contributed by atoms with Gasteiger partial charge in [-0.2, -0.15) is 0 Å². The molecule has 2 aromatic rings. The number of benzene rings is 2. The fraction of sp³-hybridized carbons (Fsp3) is 0.300. The number of carbonyl (C=O) groups excluding carboxylic acids is 2. The number of nitro groups is 1. The van der Waals surface area contributed by atoms with E-state index in [0.29, 0.717) is 11.3 Å². The molecule has 140 valence electrons. The first-order valence-corrected chi connectivity index (χ1v) is 9.00. The van der Waals surface area contributed by atoms with Crippen molar-refractivity contribution >= 4 is 23.2 Å². The number of rotatable bonds is 4. The van der Waals surface area contributed by atoms with Crippen LogP contribution in [-0.2, 0) is 0 Å². The van der Waals surface area contributed by atoms with E-state index in [1.54, 1.807) is 30.3 Å². The number of nitro benzene ring substituents is 1. The second kappa shape index (κ2) is 8.44. The number of nitrogens with one attached hydrogen (secondary N) is 1. The maximum atomic E-state index is 12.6. The fourth-order valence-corrected chi connectivity index (χ4v) is 3.18. The molecule has 0 bridgehead atoms. The fourth-order valence-electron chi connectivity index (χ4n) is 3.18. The van der Waals surface area contributed by atoms with E-state index in [-0.39, 0.29) is 17.2 Å². The number of likely N-dealkylation sites (tertiary alicyclic amines) is 1. The Labute approximate surface area is 157 Å². The van der Waals surface area contributed by atoms with Crippen LogP contribution in [0.1, 0.15) is 46.4 Å². The lowest BCUT2D eigenvalue weighted by Gasteiger charge is -2.20. The summed E-state index contributed by atoms with van der Waals surface area (Å²) < 4.78 is 0. The minimum absolute atomic E-state index is 0.00604. The summed E-state index contributed by atoms with van der Waals surface area (Å²) in [5, 5.41) is 13.7. The smallest absolute Gasteiger partial charge is 0.282 e. The number of amides is 2. The molecular formula is C20H21N3O4. The predicted octanol–water partition coefficient (Wildman–Crippen LogP) is 3.86. The average molecular weight is 367 g/mol. The Bertz CT molecular complexity index is 841. The lowest BCUT2D eigenvalue weighted by molar-refractivity contribution is -0.385. The number of carbonyl (C=O) groups is 2. The first-order valence-electron chi connectivity index (χ1n) is 9.00. The van der Waals surface area contributed by atoms with Gasteiger partial charge in [-0.1, -0.05) is 25.0 Å². The monoisotopic (exact) mass is 367 g/mol. The number of anilines is 1. The van der Waals surface area contributed by atoms with E-state index in [1.165, 1.54) is 18.2 Å². The van der Waals surface area contributed by atoms with Crippen LogP contribution in [-0.4, -0.2) is 34.7 Å². The molecule has 0 aliphatic carbocycles. The number of hydrogen-bond donors (Lipinski definition) is 1. The highest BCUT2D eigenvalue weighted by Gasteiger charge is 2.20. The van der Waals surface area contributed by atoms with Gasteiger partial charge in [-0.25, -0.2) is 0 Å². The first-order chi connectivity index (χ1) is 13.1. The van der Waals surface area contributed by atoms with Gasteiger partial charge >= 0.3 is 0 Å². The van der Waals surface area contributed by atoms with Crippen LogP contribution in [0.15, 0.2) is 48.5 Å².